The number of benzene rings is 2. The minimum atomic E-state index is -0.934. The fraction of sp³-hybridized carbons (Fsp3) is 0.238. The number of amides is 2. The van der Waals surface area contributed by atoms with E-state index >= 15 is 0 Å². The monoisotopic (exact) mass is 430 g/mol. The summed E-state index contributed by atoms with van der Waals surface area (Å²) in [5.41, 5.74) is 6.33. The highest BCUT2D eigenvalue weighted by Gasteiger charge is 2.35. The maximum atomic E-state index is 13.3. The third-order valence-corrected chi connectivity index (χ3v) is 4.77. The van der Waals surface area contributed by atoms with Crippen molar-refractivity contribution in [1.82, 2.24) is 5.32 Å². The van der Waals surface area contributed by atoms with E-state index in [0.717, 1.165) is 0 Å². The number of carbonyl (C=O) groups is 3. The lowest BCUT2D eigenvalue weighted by atomic mass is 10.0. The Morgan fingerprint density at radius 3 is 2.26 bits per heavy atom. The molecule has 0 fully saturated rings. The lowest BCUT2D eigenvalue weighted by Crippen LogP contribution is -2.40. The summed E-state index contributed by atoms with van der Waals surface area (Å²) < 4.78 is 31.2. The largest absolute Gasteiger partial charge is 0.469 e. The maximum absolute atomic E-state index is 13.3. The number of hydrogen-bond acceptors (Lipinski definition) is 6. The average Bonchev–Trinajstić information content (AvgIpc) is 3.20. The molecule has 0 saturated carbocycles. The van der Waals surface area contributed by atoms with E-state index < -0.39 is 41.5 Å². The van der Waals surface area contributed by atoms with Crippen LogP contribution in [-0.2, 0) is 19.1 Å². The van der Waals surface area contributed by atoms with Crippen LogP contribution in [0.2, 0.25) is 0 Å². The van der Waals surface area contributed by atoms with Gasteiger partial charge in [0, 0.05) is 6.42 Å². The van der Waals surface area contributed by atoms with Gasteiger partial charge in [0.25, 0.3) is 5.91 Å². The van der Waals surface area contributed by atoms with E-state index in [-0.39, 0.29) is 18.6 Å². The van der Waals surface area contributed by atoms with Crippen molar-refractivity contribution in [2.45, 2.75) is 24.9 Å². The Morgan fingerprint density at radius 2 is 1.71 bits per heavy atom. The third-order valence-electron chi connectivity index (χ3n) is 4.77. The summed E-state index contributed by atoms with van der Waals surface area (Å²) in [5, 5.41) is 8.11. The number of primary amides is 1. The molecule has 10 heteroatoms. The van der Waals surface area contributed by atoms with Crippen LogP contribution >= 0.6 is 0 Å². The number of nitrogens with zero attached hydrogens (tertiary/aromatic N) is 2. The van der Waals surface area contributed by atoms with Crippen LogP contribution < -0.4 is 16.1 Å². The number of halogens is 2. The predicted octanol–water partition coefficient (Wildman–Crippen LogP) is 1.81. The molecule has 2 unspecified atom stereocenters. The van der Waals surface area contributed by atoms with Gasteiger partial charge >= 0.3 is 5.97 Å². The van der Waals surface area contributed by atoms with E-state index in [4.69, 9.17) is 5.73 Å². The van der Waals surface area contributed by atoms with Crippen molar-refractivity contribution in [3.8, 4) is 0 Å². The highest BCUT2D eigenvalue weighted by atomic mass is 19.1. The van der Waals surface area contributed by atoms with Gasteiger partial charge in [0.05, 0.1) is 25.3 Å². The molecule has 1 aliphatic heterocycles. The predicted molar refractivity (Wildman–Crippen MR) is 108 cm³/mol. The Balaban J connectivity index is 1.84. The SMILES string of the molecule is COC(=O)CC(NC(=O)C1=NN(c2ccc(F)cc2)C(C(N)=O)C1)c1ccc(F)cc1. The van der Waals surface area contributed by atoms with Gasteiger partial charge in [-0.1, -0.05) is 12.1 Å². The number of ether oxygens (including phenoxy) is 1. The summed E-state index contributed by atoms with van der Waals surface area (Å²) in [7, 11) is 1.21. The summed E-state index contributed by atoms with van der Waals surface area (Å²) in [6.45, 7) is 0. The fourth-order valence-electron chi connectivity index (χ4n) is 3.14. The van der Waals surface area contributed by atoms with Crippen LogP contribution in [0.15, 0.2) is 53.6 Å². The van der Waals surface area contributed by atoms with E-state index in [1.807, 2.05) is 0 Å². The van der Waals surface area contributed by atoms with Crippen molar-refractivity contribution in [2.24, 2.45) is 10.8 Å². The van der Waals surface area contributed by atoms with Gasteiger partial charge in [-0.3, -0.25) is 19.4 Å². The molecular formula is C21H20F2N4O4. The van der Waals surface area contributed by atoms with E-state index in [2.05, 4.69) is 15.2 Å². The van der Waals surface area contributed by atoms with Crippen molar-refractivity contribution in [1.29, 1.82) is 0 Å². The number of carbonyl (C=O) groups excluding carboxylic acids is 3. The first-order valence-electron chi connectivity index (χ1n) is 9.33. The van der Waals surface area contributed by atoms with Gasteiger partial charge in [-0.2, -0.15) is 5.10 Å². The number of rotatable bonds is 7. The van der Waals surface area contributed by atoms with Crippen molar-refractivity contribution in [3.63, 3.8) is 0 Å². The minimum Gasteiger partial charge on any atom is -0.469 e. The van der Waals surface area contributed by atoms with E-state index in [9.17, 15) is 23.2 Å². The maximum Gasteiger partial charge on any atom is 0.307 e. The van der Waals surface area contributed by atoms with Crippen LogP contribution in [0.5, 0.6) is 0 Å². The van der Waals surface area contributed by atoms with Gasteiger partial charge in [-0.15, -0.1) is 0 Å². The third kappa shape index (κ3) is 5.21. The molecule has 2 amide bonds. The molecule has 2 atom stereocenters. The fourth-order valence-corrected chi connectivity index (χ4v) is 3.14. The summed E-state index contributed by atoms with van der Waals surface area (Å²) in [4.78, 5) is 36.5. The second kappa shape index (κ2) is 9.33. The first kappa shape index (κ1) is 21.9. The van der Waals surface area contributed by atoms with Gasteiger partial charge in [0.2, 0.25) is 5.91 Å². The van der Waals surface area contributed by atoms with Crippen LogP contribution in [0.4, 0.5) is 14.5 Å². The molecule has 3 rings (SSSR count). The summed E-state index contributed by atoms with van der Waals surface area (Å²) in [6.07, 6.45) is -0.269. The Kier molecular flexibility index (Phi) is 6.58. The lowest BCUT2D eigenvalue weighted by molar-refractivity contribution is -0.141. The first-order chi connectivity index (χ1) is 14.8. The van der Waals surface area contributed by atoms with Gasteiger partial charge in [-0.25, -0.2) is 8.78 Å². The molecule has 8 nitrogen and oxygen atoms in total. The summed E-state index contributed by atoms with van der Waals surface area (Å²) in [6, 6.07) is 8.77. The average molecular weight is 430 g/mol. The molecule has 0 saturated heterocycles. The molecule has 0 radical (unpaired) electrons. The molecule has 162 valence electrons. The van der Waals surface area contributed by atoms with Crippen molar-refractivity contribution >= 4 is 29.2 Å². The molecule has 0 aromatic heterocycles. The van der Waals surface area contributed by atoms with Crippen LogP contribution in [0.3, 0.4) is 0 Å². The number of hydrazone groups is 1. The lowest BCUT2D eigenvalue weighted by Gasteiger charge is -2.20. The number of nitrogens with two attached hydrogens (primary N) is 1. The number of nitrogens with one attached hydrogen (secondary N) is 1. The van der Waals surface area contributed by atoms with Gasteiger partial charge in [0.1, 0.15) is 23.4 Å². The molecule has 2 aromatic rings. The first-order valence-corrected chi connectivity index (χ1v) is 9.33. The highest BCUT2D eigenvalue weighted by Crippen LogP contribution is 2.26. The van der Waals surface area contributed by atoms with Crippen molar-refractivity contribution in [2.75, 3.05) is 12.1 Å². The van der Waals surface area contributed by atoms with Gasteiger partial charge < -0.3 is 15.8 Å². The van der Waals surface area contributed by atoms with Crippen molar-refractivity contribution in [3.05, 3.63) is 65.7 Å². The summed E-state index contributed by atoms with van der Waals surface area (Å²) >= 11 is 0. The number of hydrogen-bond donors (Lipinski definition) is 2. The standard InChI is InChI=1S/C21H20F2N4O4/c1-31-19(28)11-16(12-2-4-13(22)5-3-12)25-21(30)17-10-18(20(24)29)27(26-17)15-8-6-14(23)7-9-15/h2-9,16,18H,10-11H2,1H3,(H2,24,29)(H,25,30). The minimum absolute atomic E-state index is 0.00472. The van der Waals surface area contributed by atoms with E-state index in [0.29, 0.717) is 11.3 Å². The molecule has 0 spiro atoms. The van der Waals surface area contributed by atoms with Crippen LogP contribution in [0.25, 0.3) is 0 Å². The molecular weight excluding hydrogens is 410 g/mol. The molecule has 3 N–H and O–H groups in total. The second-order valence-electron chi connectivity index (χ2n) is 6.85. The van der Waals surface area contributed by atoms with E-state index in [1.165, 1.54) is 60.6 Å². The molecule has 1 aliphatic rings. The number of methoxy groups -OCH3 is 1. The topological polar surface area (TPSA) is 114 Å². The summed E-state index contributed by atoms with van der Waals surface area (Å²) in [5.74, 6) is -2.85. The zero-order valence-corrected chi connectivity index (χ0v) is 16.5. The van der Waals surface area contributed by atoms with Gasteiger partial charge in [0.15, 0.2) is 0 Å². The van der Waals surface area contributed by atoms with Crippen LogP contribution in [0.1, 0.15) is 24.4 Å². The van der Waals surface area contributed by atoms with Gasteiger partial charge in [-0.05, 0) is 42.0 Å². The number of esters is 1. The molecule has 2 aromatic carbocycles. The van der Waals surface area contributed by atoms with Crippen molar-refractivity contribution < 1.29 is 27.9 Å². The Labute approximate surface area is 176 Å². The number of anilines is 1. The van der Waals surface area contributed by atoms with Crippen LogP contribution in [-0.4, -0.2) is 36.6 Å². The second-order valence-corrected chi connectivity index (χ2v) is 6.85. The zero-order chi connectivity index (χ0) is 22.5. The Morgan fingerprint density at radius 1 is 1.13 bits per heavy atom. The molecule has 0 bridgehead atoms. The smallest absolute Gasteiger partial charge is 0.307 e. The van der Waals surface area contributed by atoms with E-state index in [1.54, 1.807) is 0 Å². The Bertz CT molecular complexity index is 1010. The normalized spacial score (nSPS) is 16.4. The highest BCUT2D eigenvalue weighted by molar-refractivity contribution is 6.40. The zero-order valence-electron chi connectivity index (χ0n) is 16.5. The Hall–Kier alpha value is -3.82. The molecule has 31 heavy (non-hydrogen) atoms. The quantitative estimate of drug-likeness (QED) is 0.651. The van der Waals surface area contributed by atoms with Crippen LogP contribution in [0, 0.1) is 11.6 Å². The molecule has 0 aliphatic carbocycles. The molecule has 1 heterocycles.